The maximum atomic E-state index is 12.3. The number of carbonyl (C=O) groups excluding carboxylic acids is 2. The van der Waals surface area contributed by atoms with Crippen molar-refractivity contribution >= 4 is 17.8 Å². The van der Waals surface area contributed by atoms with E-state index < -0.39 is 11.9 Å². The summed E-state index contributed by atoms with van der Waals surface area (Å²) in [7, 11) is 1.63. The molecule has 1 atom stereocenters. The molecule has 1 heterocycles. The van der Waals surface area contributed by atoms with Gasteiger partial charge in [-0.3, -0.25) is 14.4 Å². The first kappa shape index (κ1) is 19.0. The Morgan fingerprint density at radius 2 is 1.96 bits per heavy atom. The minimum Gasteiger partial charge on any atom is -0.481 e. The molecule has 1 aromatic rings. The number of carbonyl (C=O) groups is 3. The summed E-state index contributed by atoms with van der Waals surface area (Å²) in [5, 5.41) is 9.10. The summed E-state index contributed by atoms with van der Waals surface area (Å²) in [5.41, 5.74) is 1.20. The molecule has 6 nitrogen and oxygen atoms in total. The van der Waals surface area contributed by atoms with E-state index in [1.807, 2.05) is 30.3 Å². The molecule has 1 fully saturated rings. The predicted molar refractivity (Wildman–Crippen MR) is 94.0 cm³/mol. The van der Waals surface area contributed by atoms with Crippen LogP contribution in [0.1, 0.15) is 31.2 Å². The van der Waals surface area contributed by atoms with Gasteiger partial charge in [-0.25, -0.2) is 0 Å². The number of hydrogen-bond donors (Lipinski definition) is 1. The fourth-order valence-corrected chi connectivity index (χ4v) is 3.08. The molecule has 0 saturated carbocycles. The summed E-state index contributed by atoms with van der Waals surface area (Å²) >= 11 is 0. The number of piperidine rings is 1. The van der Waals surface area contributed by atoms with Crippen LogP contribution >= 0.6 is 0 Å². The van der Waals surface area contributed by atoms with Crippen LogP contribution in [0.5, 0.6) is 0 Å². The molecule has 1 aliphatic heterocycles. The van der Waals surface area contributed by atoms with Crippen molar-refractivity contribution in [2.45, 2.75) is 32.1 Å². The van der Waals surface area contributed by atoms with Gasteiger partial charge in [0.15, 0.2) is 0 Å². The zero-order chi connectivity index (χ0) is 18.2. The molecular weight excluding hydrogens is 320 g/mol. The lowest BCUT2D eigenvalue weighted by Crippen LogP contribution is -2.46. The number of likely N-dealkylation sites (tertiary alicyclic amines) is 1. The number of aliphatic carboxylic acids is 1. The van der Waals surface area contributed by atoms with Crippen LogP contribution in [0.3, 0.4) is 0 Å². The van der Waals surface area contributed by atoms with E-state index in [0.717, 1.165) is 12.8 Å². The standard InChI is InChI=1S/C19H26N2O4/c1-20(17(22)11-5-9-15-7-3-2-4-8-15)14-18(23)21-12-6-10-16(13-21)19(24)25/h2-4,7-8,16H,5-6,9-14H2,1H3,(H,24,25). The molecule has 1 aliphatic rings. The number of rotatable bonds is 7. The van der Waals surface area contributed by atoms with Crippen molar-refractivity contribution in [1.82, 2.24) is 9.80 Å². The summed E-state index contributed by atoms with van der Waals surface area (Å²) in [4.78, 5) is 38.6. The highest BCUT2D eigenvalue weighted by atomic mass is 16.4. The first-order valence-electron chi connectivity index (χ1n) is 8.76. The van der Waals surface area contributed by atoms with Gasteiger partial charge in [0.05, 0.1) is 12.5 Å². The summed E-state index contributed by atoms with van der Waals surface area (Å²) in [6.07, 6.45) is 3.27. The maximum absolute atomic E-state index is 12.3. The quantitative estimate of drug-likeness (QED) is 0.816. The van der Waals surface area contributed by atoms with Crippen molar-refractivity contribution in [2.75, 3.05) is 26.7 Å². The normalized spacial score (nSPS) is 17.2. The Morgan fingerprint density at radius 3 is 2.64 bits per heavy atom. The number of hydrogen-bond acceptors (Lipinski definition) is 3. The van der Waals surface area contributed by atoms with Crippen LogP contribution < -0.4 is 0 Å². The third kappa shape index (κ3) is 5.89. The number of amides is 2. The van der Waals surface area contributed by atoms with E-state index in [0.29, 0.717) is 25.8 Å². The smallest absolute Gasteiger partial charge is 0.308 e. The van der Waals surface area contributed by atoms with Gasteiger partial charge >= 0.3 is 5.97 Å². The van der Waals surface area contributed by atoms with E-state index >= 15 is 0 Å². The van der Waals surface area contributed by atoms with Gasteiger partial charge in [-0.1, -0.05) is 30.3 Å². The third-order valence-corrected chi connectivity index (χ3v) is 4.62. The summed E-state index contributed by atoms with van der Waals surface area (Å²) < 4.78 is 0. The number of benzene rings is 1. The van der Waals surface area contributed by atoms with E-state index in [1.54, 1.807) is 11.9 Å². The minimum absolute atomic E-state index is 0.0104. The monoisotopic (exact) mass is 346 g/mol. The van der Waals surface area contributed by atoms with E-state index in [9.17, 15) is 14.4 Å². The van der Waals surface area contributed by atoms with Gasteiger partial charge in [-0.2, -0.15) is 0 Å². The van der Waals surface area contributed by atoms with Gasteiger partial charge < -0.3 is 14.9 Å². The van der Waals surface area contributed by atoms with Crippen LogP contribution in [0.2, 0.25) is 0 Å². The molecule has 2 rings (SSSR count). The highest BCUT2D eigenvalue weighted by Gasteiger charge is 2.28. The SMILES string of the molecule is CN(CC(=O)N1CCCC(C(=O)O)C1)C(=O)CCCc1ccccc1. The van der Waals surface area contributed by atoms with E-state index in [2.05, 4.69) is 0 Å². The van der Waals surface area contributed by atoms with Crippen molar-refractivity contribution in [3.05, 3.63) is 35.9 Å². The average Bonchev–Trinajstić information content (AvgIpc) is 2.62. The van der Waals surface area contributed by atoms with Gasteiger partial charge in [0.25, 0.3) is 0 Å². The van der Waals surface area contributed by atoms with E-state index in [4.69, 9.17) is 5.11 Å². The van der Waals surface area contributed by atoms with Crippen molar-refractivity contribution < 1.29 is 19.5 Å². The van der Waals surface area contributed by atoms with Gasteiger partial charge in [0, 0.05) is 26.6 Å². The average molecular weight is 346 g/mol. The lowest BCUT2D eigenvalue weighted by atomic mass is 9.98. The molecule has 0 aromatic heterocycles. The van der Waals surface area contributed by atoms with Gasteiger partial charge in [-0.05, 0) is 31.2 Å². The van der Waals surface area contributed by atoms with Crippen molar-refractivity contribution in [3.8, 4) is 0 Å². The molecule has 25 heavy (non-hydrogen) atoms. The molecule has 1 saturated heterocycles. The van der Waals surface area contributed by atoms with Gasteiger partial charge in [0.2, 0.25) is 11.8 Å². The Hall–Kier alpha value is -2.37. The topological polar surface area (TPSA) is 77.9 Å². The number of nitrogens with zero attached hydrogens (tertiary/aromatic N) is 2. The second kappa shape index (κ2) is 9.20. The van der Waals surface area contributed by atoms with Crippen LogP contribution in [-0.4, -0.2) is 59.4 Å². The Morgan fingerprint density at radius 1 is 1.24 bits per heavy atom. The third-order valence-electron chi connectivity index (χ3n) is 4.62. The first-order chi connectivity index (χ1) is 12.0. The summed E-state index contributed by atoms with van der Waals surface area (Å²) in [6.45, 7) is 0.819. The first-order valence-corrected chi connectivity index (χ1v) is 8.76. The van der Waals surface area contributed by atoms with Crippen molar-refractivity contribution in [2.24, 2.45) is 5.92 Å². The van der Waals surface area contributed by atoms with Crippen LogP contribution in [0.4, 0.5) is 0 Å². The highest BCUT2D eigenvalue weighted by Crippen LogP contribution is 2.17. The molecular formula is C19H26N2O4. The zero-order valence-electron chi connectivity index (χ0n) is 14.7. The Labute approximate surface area is 148 Å². The molecule has 6 heteroatoms. The van der Waals surface area contributed by atoms with Gasteiger partial charge in [-0.15, -0.1) is 0 Å². The second-order valence-electron chi connectivity index (χ2n) is 6.61. The Balaban J connectivity index is 1.74. The molecule has 1 unspecified atom stereocenters. The number of carboxylic acid groups (broad SMARTS) is 1. The number of likely N-dealkylation sites (N-methyl/N-ethyl adjacent to an activating group) is 1. The lowest BCUT2D eigenvalue weighted by Gasteiger charge is -2.32. The summed E-state index contributed by atoms with van der Waals surface area (Å²) in [5.74, 6) is -1.59. The van der Waals surface area contributed by atoms with Gasteiger partial charge in [0.1, 0.15) is 0 Å². The largest absolute Gasteiger partial charge is 0.481 e. The maximum Gasteiger partial charge on any atom is 0.308 e. The second-order valence-corrected chi connectivity index (χ2v) is 6.61. The molecule has 0 spiro atoms. The highest BCUT2D eigenvalue weighted by molar-refractivity contribution is 5.85. The molecule has 2 amide bonds. The minimum atomic E-state index is -0.858. The van der Waals surface area contributed by atoms with E-state index in [-0.39, 0.29) is 24.9 Å². The van der Waals surface area contributed by atoms with E-state index in [1.165, 1.54) is 10.5 Å². The molecule has 0 aliphatic carbocycles. The molecule has 0 bridgehead atoms. The molecule has 1 N–H and O–H groups in total. The summed E-state index contributed by atoms with van der Waals surface area (Å²) in [6, 6.07) is 9.99. The molecule has 1 aromatic carbocycles. The van der Waals surface area contributed by atoms with Crippen molar-refractivity contribution in [1.29, 1.82) is 0 Å². The fraction of sp³-hybridized carbons (Fsp3) is 0.526. The number of carboxylic acids is 1. The van der Waals surface area contributed by atoms with Crippen molar-refractivity contribution in [3.63, 3.8) is 0 Å². The zero-order valence-corrected chi connectivity index (χ0v) is 14.7. The van der Waals surface area contributed by atoms with Crippen LogP contribution in [-0.2, 0) is 20.8 Å². The number of aryl methyl sites for hydroxylation is 1. The molecule has 0 radical (unpaired) electrons. The van der Waals surface area contributed by atoms with Crippen LogP contribution in [0, 0.1) is 5.92 Å². The Bertz CT molecular complexity index is 603. The fourth-order valence-electron chi connectivity index (χ4n) is 3.08. The van der Waals surface area contributed by atoms with Crippen LogP contribution in [0.15, 0.2) is 30.3 Å². The molecule has 136 valence electrons. The lowest BCUT2D eigenvalue weighted by molar-refractivity contribution is -0.147. The predicted octanol–water partition coefficient (Wildman–Crippen LogP) is 1.79. The van der Waals surface area contributed by atoms with Crippen LogP contribution in [0.25, 0.3) is 0 Å². The Kier molecular flexibility index (Phi) is 6.98.